The van der Waals surface area contributed by atoms with Crippen LogP contribution in [0.15, 0.2) is 42.4 Å². The second kappa shape index (κ2) is 3.64. The Morgan fingerprint density at radius 1 is 1.44 bits per heavy atom. The Morgan fingerprint density at radius 2 is 2.38 bits per heavy atom. The second-order valence-corrected chi connectivity index (χ2v) is 3.78. The lowest BCUT2D eigenvalue weighted by Gasteiger charge is -2.08. The van der Waals surface area contributed by atoms with Gasteiger partial charge in [-0.2, -0.15) is 0 Å². The van der Waals surface area contributed by atoms with Crippen molar-refractivity contribution >= 4 is 5.65 Å². The van der Waals surface area contributed by atoms with Crippen LogP contribution in [0.1, 0.15) is 18.2 Å². The molecular weight excluding hydrogens is 204 g/mol. The van der Waals surface area contributed by atoms with Gasteiger partial charge < -0.3 is 14.2 Å². The molecule has 0 bridgehead atoms. The first-order valence-electron chi connectivity index (χ1n) is 5.29. The van der Waals surface area contributed by atoms with Gasteiger partial charge in [-0.3, -0.25) is 0 Å². The first-order valence-corrected chi connectivity index (χ1v) is 5.29. The van der Waals surface area contributed by atoms with Gasteiger partial charge in [-0.25, -0.2) is 4.98 Å². The number of nitrogens with zero attached hydrogens (tertiary/aromatic N) is 2. The van der Waals surface area contributed by atoms with Crippen molar-refractivity contribution in [3.05, 3.63) is 48.1 Å². The van der Waals surface area contributed by atoms with Gasteiger partial charge >= 0.3 is 0 Å². The molecule has 3 heterocycles. The van der Waals surface area contributed by atoms with Crippen LogP contribution in [-0.4, -0.2) is 21.1 Å². The summed E-state index contributed by atoms with van der Waals surface area (Å²) in [6.07, 6.45) is 5.75. The molecule has 2 aromatic rings. The molecule has 16 heavy (non-hydrogen) atoms. The van der Waals surface area contributed by atoms with E-state index in [2.05, 4.69) is 4.98 Å². The molecule has 4 nitrogen and oxygen atoms in total. The molecule has 0 amide bonds. The lowest BCUT2D eigenvalue weighted by molar-refractivity contribution is 0.116. The Bertz CT molecular complexity index is 512. The zero-order valence-electron chi connectivity index (χ0n) is 8.71. The van der Waals surface area contributed by atoms with Gasteiger partial charge in [0.05, 0.1) is 12.3 Å². The number of aliphatic hydroxyl groups is 1. The smallest absolute Gasteiger partial charge is 0.154 e. The summed E-state index contributed by atoms with van der Waals surface area (Å²) >= 11 is 0. The van der Waals surface area contributed by atoms with E-state index in [1.807, 2.05) is 41.1 Å². The summed E-state index contributed by atoms with van der Waals surface area (Å²) in [6, 6.07) is 5.75. The van der Waals surface area contributed by atoms with E-state index < -0.39 is 6.10 Å². The molecule has 0 spiro atoms. The van der Waals surface area contributed by atoms with Crippen molar-refractivity contribution in [3.8, 4) is 0 Å². The molecule has 0 aromatic carbocycles. The molecule has 3 rings (SSSR count). The molecule has 0 saturated heterocycles. The normalized spacial score (nSPS) is 17.2. The predicted molar refractivity (Wildman–Crippen MR) is 58.8 cm³/mol. The largest absolute Gasteiger partial charge is 0.495 e. The minimum atomic E-state index is -0.748. The fourth-order valence-corrected chi connectivity index (χ4v) is 1.86. The monoisotopic (exact) mass is 216 g/mol. The van der Waals surface area contributed by atoms with Crippen LogP contribution in [0.5, 0.6) is 0 Å². The minimum absolute atomic E-state index is 0.614. The molecule has 0 saturated carbocycles. The zero-order valence-corrected chi connectivity index (χ0v) is 8.71. The van der Waals surface area contributed by atoms with Crippen molar-refractivity contribution in [2.24, 2.45) is 0 Å². The van der Waals surface area contributed by atoms with E-state index in [9.17, 15) is 5.11 Å². The highest BCUT2D eigenvalue weighted by atomic mass is 16.5. The summed E-state index contributed by atoms with van der Waals surface area (Å²) in [4.78, 5) is 4.35. The fraction of sp³-hybridized carbons (Fsp3) is 0.250. The summed E-state index contributed by atoms with van der Waals surface area (Å²) in [6.45, 7) is 0.653. The van der Waals surface area contributed by atoms with Gasteiger partial charge in [0.25, 0.3) is 0 Å². The van der Waals surface area contributed by atoms with Crippen LogP contribution in [0.4, 0.5) is 0 Å². The average Bonchev–Trinajstić information content (AvgIpc) is 2.97. The highest BCUT2D eigenvalue weighted by Crippen LogP contribution is 2.25. The van der Waals surface area contributed by atoms with Crippen LogP contribution >= 0.6 is 0 Å². The van der Waals surface area contributed by atoms with Crippen LogP contribution < -0.4 is 0 Å². The average molecular weight is 216 g/mol. The number of ether oxygens (including phenoxy) is 1. The molecule has 1 atom stereocenters. The maximum Gasteiger partial charge on any atom is 0.154 e. The van der Waals surface area contributed by atoms with Crippen molar-refractivity contribution < 1.29 is 9.84 Å². The van der Waals surface area contributed by atoms with Crippen LogP contribution in [0.2, 0.25) is 0 Å². The minimum Gasteiger partial charge on any atom is -0.495 e. The molecule has 0 radical (unpaired) electrons. The molecule has 82 valence electrons. The Hall–Kier alpha value is -1.81. The summed E-state index contributed by atoms with van der Waals surface area (Å²) < 4.78 is 7.21. The molecule has 1 aliphatic heterocycles. The van der Waals surface area contributed by atoms with Crippen molar-refractivity contribution in [1.82, 2.24) is 9.38 Å². The maximum atomic E-state index is 10.1. The molecular formula is C12H12N2O2. The summed E-state index contributed by atoms with van der Waals surface area (Å²) in [7, 11) is 0. The number of aromatic nitrogens is 2. The summed E-state index contributed by atoms with van der Waals surface area (Å²) in [5, 5.41) is 10.1. The van der Waals surface area contributed by atoms with E-state index in [4.69, 9.17) is 4.74 Å². The standard InChI is InChI=1S/C12H12N2O2/c15-12(10-4-3-7-16-10)9-8-14-6-2-1-5-11(14)13-9/h1-2,4-6,8,12,15H,3,7H2. The van der Waals surface area contributed by atoms with E-state index in [0.717, 1.165) is 12.1 Å². The SMILES string of the molecule is OC(C1=CCCO1)c1cn2ccccc2n1. The highest BCUT2D eigenvalue weighted by Gasteiger charge is 2.20. The number of fused-ring (bicyclic) bond motifs is 1. The molecule has 1 N–H and O–H groups in total. The van der Waals surface area contributed by atoms with E-state index in [0.29, 0.717) is 18.1 Å². The van der Waals surface area contributed by atoms with Gasteiger partial charge in [0.2, 0.25) is 0 Å². The van der Waals surface area contributed by atoms with Crippen LogP contribution in [0.3, 0.4) is 0 Å². The number of aliphatic hydroxyl groups excluding tert-OH is 1. The van der Waals surface area contributed by atoms with Crippen molar-refractivity contribution in [3.63, 3.8) is 0 Å². The first kappa shape index (κ1) is 9.42. The van der Waals surface area contributed by atoms with Crippen molar-refractivity contribution in [2.45, 2.75) is 12.5 Å². The number of pyridine rings is 1. The van der Waals surface area contributed by atoms with Gasteiger partial charge in [0.15, 0.2) is 6.10 Å². The third kappa shape index (κ3) is 1.47. The Labute approximate surface area is 92.8 Å². The number of rotatable bonds is 2. The Kier molecular flexibility index (Phi) is 2.15. The van der Waals surface area contributed by atoms with Gasteiger partial charge in [-0.1, -0.05) is 6.07 Å². The number of hydrogen-bond donors (Lipinski definition) is 1. The molecule has 1 aliphatic rings. The topological polar surface area (TPSA) is 46.8 Å². The lowest BCUT2D eigenvalue weighted by Crippen LogP contribution is -2.02. The van der Waals surface area contributed by atoms with Gasteiger partial charge in [0.1, 0.15) is 11.4 Å². The second-order valence-electron chi connectivity index (χ2n) is 3.78. The summed E-state index contributed by atoms with van der Waals surface area (Å²) in [5.41, 5.74) is 1.45. The zero-order chi connectivity index (χ0) is 11.0. The van der Waals surface area contributed by atoms with E-state index in [1.54, 1.807) is 0 Å². The van der Waals surface area contributed by atoms with Gasteiger partial charge in [-0.15, -0.1) is 0 Å². The molecule has 2 aromatic heterocycles. The van der Waals surface area contributed by atoms with Gasteiger partial charge in [0, 0.05) is 18.8 Å². The molecule has 0 fully saturated rings. The first-order chi connectivity index (χ1) is 7.84. The van der Waals surface area contributed by atoms with Crippen molar-refractivity contribution in [2.75, 3.05) is 6.61 Å². The number of imidazole rings is 1. The maximum absolute atomic E-state index is 10.1. The third-order valence-corrected chi connectivity index (χ3v) is 2.66. The van der Waals surface area contributed by atoms with Crippen molar-refractivity contribution in [1.29, 1.82) is 0 Å². The fourth-order valence-electron chi connectivity index (χ4n) is 1.86. The Morgan fingerprint density at radius 3 is 3.12 bits per heavy atom. The molecule has 1 unspecified atom stereocenters. The highest BCUT2D eigenvalue weighted by molar-refractivity contribution is 5.40. The Balaban J connectivity index is 1.99. The van der Waals surface area contributed by atoms with Gasteiger partial charge in [-0.05, 0) is 18.2 Å². The van der Waals surface area contributed by atoms with E-state index in [-0.39, 0.29) is 0 Å². The third-order valence-electron chi connectivity index (χ3n) is 2.66. The number of hydrogen-bond acceptors (Lipinski definition) is 3. The van der Waals surface area contributed by atoms with Crippen LogP contribution in [0.25, 0.3) is 5.65 Å². The lowest BCUT2D eigenvalue weighted by atomic mass is 10.2. The quantitative estimate of drug-likeness (QED) is 0.830. The molecule has 4 heteroatoms. The van der Waals surface area contributed by atoms with Crippen LogP contribution in [-0.2, 0) is 4.74 Å². The van der Waals surface area contributed by atoms with E-state index in [1.165, 1.54) is 0 Å². The molecule has 0 aliphatic carbocycles. The summed E-state index contributed by atoms with van der Waals surface area (Å²) in [5.74, 6) is 0.614. The van der Waals surface area contributed by atoms with Crippen LogP contribution in [0, 0.1) is 0 Å². The van der Waals surface area contributed by atoms with E-state index >= 15 is 0 Å². The predicted octanol–water partition coefficient (Wildman–Crippen LogP) is 1.67.